The number of unbranched alkanes of at least 4 members (excludes halogenated alkanes) is 5. The third-order valence-electron chi connectivity index (χ3n) is 6.11. The molecule has 0 radical (unpaired) electrons. The van der Waals surface area contributed by atoms with Gasteiger partial charge in [0.05, 0.1) is 6.61 Å². The molecule has 2 saturated carbocycles. The molecule has 2 aliphatic carbocycles. The van der Waals surface area contributed by atoms with Gasteiger partial charge < -0.3 is 4.74 Å². The molecule has 0 aliphatic heterocycles. The van der Waals surface area contributed by atoms with Crippen LogP contribution in [0.5, 0.6) is 0 Å². The number of alkyl halides is 3. The normalized spacial score (nSPS) is 24.9. The molecule has 0 amide bonds. The predicted molar refractivity (Wildman–Crippen MR) is 108 cm³/mol. The van der Waals surface area contributed by atoms with E-state index in [9.17, 15) is 18.0 Å². The molecule has 2 unspecified atom stereocenters. The van der Waals surface area contributed by atoms with Gasteiger partial charge in [0.1, 0.15) is 0 Å². The Bertz CT molecular complexity index is 436. The number of halogens is 3. The lowest BCUT2D eigenvalue weighted by atomic mass is 9.67. The number of carbonyl (C=O) groups is 1. The second-order valence-electron chi connectivity index (χ2n) is 8.56. The summed E-state index contributed by atoms with van der Waals surface area (Å²) in [5, 5.41) is 0. The summed E-state index contributed by atoms with van der Waals surface area (Å²) in [5.41, 5.74) is -4.20. The van der Waals surface area contributed by atoms with E-state index in [0.29, 0.717) is 19.6 Å². The molecule has 2 aliphatic rings. The Morgan fingerprint density at radius 3 is 2.29 bits per heavy atom. The van der Waals surface area contributed by atoms with Gasteiger partial charge in [-0.2, -0.15) is 13.2 Å². The highest BCUT2D eigenvalue weighted by Crippen LogP contribution is 2.43. The van der Waals surface area contributed by atoms with Crippen LogP contribution >= 0.6 is 11.9 Å². The second-order valence-corrected chi connectivity index (χ2v) is 9.51. The van der Waals surface area contributed by atoms with Crippen molar-refractivity contribution >= 4 is 17.9 Å². The lowest BCUT2D eigenvalue weighted by Crippen LogP contribution is -2.27. The van der Waals surface area contributed by atoms with Gasteiger partial charge in [-0.15, -0.1) is 0 Å². The zero-order valence-corrected chi connectivity index (χ0v) is 17.7. The van der Waals surface area contributed by atoms with Crippen LogP contribution in [0.15, 0.2) is 0 Å². The highest BCUT2D eigenvalue weighted by Gasteiger charge is 2.31. The number of rotatable bonds is 13. The molecule has 0 spiro atoms. The van der Waals surface area contributed by atoms with E-state index in [0.717, 1.165) is 62.7 Å². The summed E-state index contributed by atoms with van der Waals surface area (Å²) in [6, 6.07) is 0. The van der Waals surface area contributed by atoms with Crippen LogP contribution in [0, 0.1) is 17.8 Å². The third kappa shape index (κ3) is 10.9. The first-order valence-corrected chi connectivity index (χ1v) is 11.9. The molecule has 28 heavy (non-hydrogen) atoms. The van der Waals surface area contributed by atoms with Crippen molar-refractivity contribution in [2.24, 2.45) is 17.8 Å². The van der Waals surface area contributed by atoms with Crippen molar-refractivity contribution in [1.82, 2.24) is 4.72 Å². The first-order valence-electron chi connectivity index (χ1n) is 11.1. The Kier molecular flexibility index (Phi) is 11.1. The van der Waals surface area contributed by atoms with Gasteiger partial charge in [0.15, 0.2) is 0 Å². The van der Waals surface area contributed by atoms with Crippen LogP contribution in [0.4, 0.5) is 13.2 Å². The second kappa shape index (κ2) is 13.0. The summed E-state index contributed by atoms with van der Waals surface area (Å²) in [6.45, 7) is 0.878. The van der Waals surface area contributed by atoms with Gasteiger partial charge in [-0.1, -0.05) is 44.9 Å². The number of hydrogen-bond donors (Lipinski definition) is 1. The first-order chi connectivity index (χ1) is 13.4. The standard InChI is InChI=1S/C21H36F3NO2S/c22-21(23,24)28-25-12-5-3-1-2-4-6-13-27-20(26)11-10-19-15-17-8-7-9-18(14-17)16-19/h17-19,25H,1-16H2. The topological polar surface area (TPSA) is 38.3 Å². The highest BCUT2D eigenvalue weighted by atomic mass is 32.2. The first kappa shape index (κ1) is 23.8. The fraction of sp³-hybridized carbons (Fsp3) is 0.952. The molecule has 3 nitrogen and oxygen atoms in total. The SMILES string of the molecule is O=C(CCC1CC2CCCC(C2)C1)OCCCCCCCCNSC(F)(F)F. The van der Waals surface area contributed by atoms with E-state index in [2.05, 4.69) is 4.72 Å². The molecule has 164 valence electrons. The molecule has 0 saturated heterocycles. The lowest BCUT2D eigenvalue weighted by Gasteiger charge is -2.39. The summed E-state index contributed by atoms with van der Waals surface area (Å²) < 4.78 is 43.4. The van der Waals surface area contributed by atoms with Crippen molar-refractivity contribution in [3.63, 3.8) is 0 Å². The van der Waals surface area contributed by atoms with Crippen molar-refractivity contribution < 1.29 is 22.7 Å². The Morgan fingerprint density at radius 1 is 0.964 bits per heavy atom. The third-order valence-corrected chi connectivity index (χ3v) is 6.69. The molecule has 2 rings (SSSR count). The minimum absolute atomic E-state index is 0.0519. The molecular weight excluding hydrogens is 387 g/mol. The van der Waals surface area contributed by atoms with Gasteiger partial charge in [0, 0.05) is 24.9 Å². The summed E-state index contributed by atoms with van der Waals surface area (Å²) in [7, 11) is 0. The van der Waals surface area contributed by atoms with E-state index in [1.54, 1.807) is 0 Å². The molecule has 0 heterocycles. The number of ether oxygens (including phenoxy) is 1. The van der Waals surface area contributed by atoms with Crippen LogP contribution in [-0.2, 0) is 9.53 Å². The van der Waals surface area contributed by atoms with Crippen LogP contribution in [0.1, 0.15) is 89.9 Å². The van der Waals surface area contributed by atoms with Gasteiger partial charge in [0.25, 0.3) is 0 Å². The minimum Gasteiger partial charge on any atom is -0.466 e. The quantitative estimate of drug-likeness (QED) is 0.205. The molecule has 7 heteroatoms. The average Bonchev–Trinajstić information content (AvgIpc) is 2.63. The van der Waals surface area contributed by atoms with Gasteiger partial charge in [-0.25, -0.2) is 0 Å². The van der Waals surface area contributed by atoms with Gasteiger partial charge in [-0.3, -0.25) is 9.52 Å². The summed E-state index contributed by atoms with van der Waals surface area (Å²) in [4.78, 5) is 11.9. The Labute approximate surface area is 172 Å². The monoisotopic (exact) mass is 423 g/mol. The Balaban J connectivity index is 1.35. The fourth-order valence-corrected chi connectivity index (χ4v) is 5.23. The molecule has 1 N–H and O–H groups in total. The summed E-state index contributed by atoms with van der Waals surface area (Å²) in [5.74, 6) is 2.49. The highest BCUT2D eigenvalue weighted by molar-refractivity contribution is 7.98. The van der Waals surface area contributed by atoms with E-state index < -0.39 is 5.51 Å². The predicted octanol–water partition coefficient (Wildman–Crippen LogP) is 6.62. The minimum atomic E-state index is -4.20. The maximum absolute atomic E-state index is 11.9. The van der Waals surface area contributed by atoms with Crippen molar-refractivity contribution in [1.29, 1.82) is 0 Å². The average molecular weight is 424 g/mol. The van der Waals surface area contributed by atoms with Crippen LogP contribution in [0.25, 0.3) is 0 Å². The van der Waals surface area contributed by atoms with Crippen molar-refractivity contribution in [3.05, 3.63) is 0 Å². The van der Waals surface area contributed by atoms with E-state index >= 15 is 0 Å². The zero-order valence-electron chi connectivity index (χ0n) is 16.9. The lowest BCUT2D eigenvalue weighted by molar-refractivity contribution is -0.144. The Hall–Kier alpha value is -0.430. The molecular formula is C21H36F3NO2S. The fourth-order valence-electron chi connectivity index (χ4n) is 4.82. The zero-order chi connectivity index (χ0) is 20.2. The van der Waals surface area contributed by atoms with Gasteiger partial charge in [-0.05, 0) is 56.3 Å². The molecule has 0 aromatic carbocycles. The van der Waals surface area contributed by atoms with E-state index in [1.165, 1.54) is 38.5 Å². The van der Waals surface area contributed by atoms with Crippen LogP contribution < -0.4 is 4.72 Å². The van der Waals surface area contributed by atoms with Crippen LogP contribution in [-0.4, -0.2) is 24.6 Å². The van der Waals surface area contributed by atoms with E-state index in [4.69, 9.17) is 4.74 Å². The van der Waals surface area contributed by atoms with Crippen molar-refractivity contribution in [2.75, 3.05) is 13.2 Å². The number of carbonyl (C=O) groups excluding carboxylic acids is 1. The summed E-state index contributed by atoms with van der Waals surface area (Å²) in [6.07, 6.45) is 15.4. The van der Waals surface area contributed by atoms with Gasteiger partial charge in [0.2, 0.25) is 0 Å². The molecule has 2 fully saturated rings. The maximum atomic E-state index is 11.9. The van der Waals surface area contributed by atoms with Crippen LogP contribution in [0.2, 0.25) is 0 Å². The maximum Gasteiger partial charge on any atom is 0.456 e. The number of fused-ring (bicyclic) bond motifs is 2. The largest absolute Gasteiger partial charge is 0.466 e. The molecule has 2 atom stereocenters. The van der Waals surface area contributed by atoms with E-state index in [1.807, 2.05) is 0 Å². The summed E-state index contributed by atoms with van der Waals surface area (Å²) >= 11 is -0.170. The van der Waals surface area contributed by atoms with Crippen molar-refractivity contribution in [2.45, 2.75) is 95.4 Å². The molecule has 2 bridgehead atoms. The number of esters is 1. The van der Waals surface area contributed by atoms with Gasteiger partial charge >= 0.3 is 11.5 Å². The number of hydrogen-bond acceptors (Lipinski definition) is 4. The molecule has 0 aromatic rings. The number of nitrogens with one attached hydrogen (secondary N) is 1. The molecule has 0 aromatic heterocycles. The van der Waals surface area contributed by atoms with Crippen molar-refractivity contribution in [3.8, 4) is 0 Å². The van der Waals surface area contributed by atoms with Crippen LogP contribution in [0.3, 0.4) is 0 Å². The van der Waals surface area contributed by atoms with E-state index in [-0.39, 0.29) is 17.9 Å². The Morgan fingerprint density at radius 2 is 1.61 bits per heavy atom. The smallest absolute Gasteiger partial charge is 0.456 e.